The number of nitrogens with zero attached hydrogens (tertiary/aromatic N) is 1. The van der Waals surface area contributed by atoms with Crippen molar-refractivity contribution in [2.24, 2.45) is 0 Å². The molecule has 6 nitrogen and oxygen atoms in total. The molecule has 1 aliphatic heterocycles. The maximum absolute atomic E-state index is 13.0. The summed E-state index contributed by atoms with van der Waals surface area (Å²) in [6.45, 7) is 8.57. The Morgan fingerprint density at radius 1 is 1.27 bits per heavy atom. The largest absolute Gasteiger partial charge is 0.336 e. The Hall–Kier alpha value is -1.79. The van der Waals surface area contributed by atoms with Crippen LogP contribution in [-0.4, -0.2) is 48.6 Å². The van der Waals surface area contributed by atoms with Gasteiger partial charge in [0.1, 0.15) is 0 Å². The summed E-state index contributed by atoms with van der Waals surface area (Å²) in [4.78, 5) is 26.9. The predicted octanol–water partition coefficient (Wildman–Crippen LogP) is 3.24. The Morgan fingerprint density at radius 2 is 1.96 bits per heavy atom. The van der Waals surface area contributed by atoms with E-state index in [9.17, 15) is 9.59 Å². The molecule has 7 heteroatoms. The summed E-state index contributed by atoms with van der Waals surface area (Å²) in [6.07, 6.45) is 2.91. The van der Waals surface area contributed by atoms with Crippen LogP contribution < -0.4 is 16.0 Å². The molecule has 0 bridgehead atoms. The molecule has 0 aliphatic carbocycles. The van der Waals surface area contributed by atoms with Gasteiger partial charge in [-0.15, -0.1) is 12.4 Å². The first kappa shape index (κ1) is 22.3. The predicted molar refractivity (Wildman–Crippen MR) is 108 cm³/mol. The molecule has 146 valence electrons. The molecule has 1 saturated heterocycles. The molecule has 1 fully saturated rings. The number of carbonyl (C=O) groups is 2. The molecule has 1 aromatic rings. The van der Waals surface area contributed by atoms with Crippen molar-refractivity contribution in [1.29, 1.82) is 0 Å². The zero-order valence-corrected chi connectivity index (χ0v) is 16.7. The van der Waals surface area contributed by atoms with Crippen LogP contribution in [0.2, 0.25) is 0 Å². The van der Waals surface area contributed by atoms with E-state index in [-0.39, 0.29) is 36.4 Å². The molecule has 1 heterocycles. The summed E-state index contributed by atoms with van der Waals surface area (Å²) >= 11 is 0. The van der Waals surface area contributed by atoms with Crippen molar-refractivity contribution < 1.29 is 9.59 Å². The van der Waals surface area contributed by atoms with E-state index in [4.69, 9.17) is 0 Å². The summed E-state index contributed by atoms with van der Waals surface area (Å²) in [5, 5.41) is 8.91. The second-order valence-electron chi connectivity index (χ2n) is 6.81. The number of anilines is 1. The fourth-order valence-corrected chi connectivity index (χ4v) is 3.13. The first-order valence-corrected chi connectivity index (χ1v) is 9.20. The lowest BCUT2D eigenvalue weighted by atomic mass is 10.0. The van der Waals surface area contributed by atoms with E-state index in [2.05, 4.69) is 22.9 Å². The summed E-state index contributed by atoms with van der Waals surface area (Å²) in [7, 11) is 0. The second-order valence-corrected chi connectivity index (χ2v) is 6.81. The summed E-state index contributed by atoms with van der Waals surface area (Å²) in [5.74, 6) is 0.0432. The molecule has 0 aromatic heterocycles. The average Bonchev–Trinajstić information content (AvgIpc) is 2.59. The standard InChI is InChI=1S/C19H30N4O2.ClH/c1-4-12-23(17-8-10-20-11-9-17)18(24)15-6-5-7-16(13-15)22-19(25)21-14(2)3;/h5-7,13-14,17,20H,4,8-12H2,1-3H3,(H2,21,22,25);1H. The van der Waals surface area contributed by atoms with Crippen LogP contribution in [0.5, 0.6) is 0 Å². The van der Waals surface area contributed by atoms with Gasteiger partial charge in [-0.25, -0.2) is 4.79 Å². The van der Waals surface area contributed by atoms with Gasteiger partial charge in [0.15, 0.2) is 0 Å². The highest BCUT2D eigenvalue weighted by Crippen LogP contribution is 2.18. The molecular weight excluding hydrogens is 352 g/mol. The fourth-order valence-electron chi connectivity index (χ4n) is 3.13. The minimum atomic E-state index is -0.261. The molecular formula is C19H31ClN4O2. The third kappa shape index (κ3) is 6.50. The SMILES string of the molecule is CCCN(C(=O)c1cccc(NC(=O)NC(C)C)c1)C1CCNCC1.Cl. The lowest BCUT2D eigenvalue weighted by Gasteiger charge is -2.34. The van der Waals surface area contributed by atoms with Gasteiger partial charge in [0.05, 0.1) is 0 Å². The summed E-state index contributed by atoms with van der Waals surface area (Å²) in [6, 6.07) is 7.27. The first-order valence-electron chi connectivity index (χ1n) is 9.20. The van der Waals surface area contributed by atoms with Gasteiger partial charge in [0, 0.05) is 29.9 Å². The van der Waals surface area contributed by atoms with Crippen LogP contribution in [0.1, 0.15) is 50.4 Å². The maximum atomic E-state index is 13.0. The molecule has 2 rings (SSSR count). The highest BCUT2D eigenvalue weighted by Gasteiger charge is 2.25. The van der Waals surface area contributed by atoms with Crippen LogP contribution in [0.25, 0.3) is 0 Å². The van der Waals surface area contributed by atoms with Gasteiger partial charge >= 0.3 is 6.03 Å². The van der Waals surface area contributed by atoms with E-state index < -0.39 is 0 Å². The molecule has 0 saturated carbocycles. The Kier molecular flexibility index (Phi) is 9.44. The van der Waals surface area contributed by atoms with E-state index in [1.807, 2.05) is 30.9 Å². The minimum Gasteiger partial charge on any atom is -0.336 e. The van der Waals surface area contributed by atoms with Crippen LogP contribution in [0.4, 0.5) is 10.5 Å². The van der Waals surface area contributed by atoms with Crippen molar-refractivity contribution in [3.63, 3.8) is 0 Å². The Balaban J connectivity index is 0.00000338. The van der Waals surface area contributed by atoms with E-state index in [1.165, 1.54) is 0 Å². The normalized spacial score (nSPS) is 14.5. The van der Waals surface area contributed by atoms with Crippen LogP contribution in [0, 0.1) is 0 Å². The van der Waals surface area contributed by atoms with Gasteiger partial charge in [-0.1, -0.05) is 13.0 Å². The molecule has 3 N–H and O–H groups in total. The van der Waals surface area contributed by atoms with Gasteiger partial charge < -0.3 is 20.9 Å². The monoisotopic (exact) mass is 382 g/mol. The molecule has 0 atom stereocenters. The van der Waals surface area contributed by atoms with Gasteiger partial charge in [-0.2, -0.15) is 0 Å². The number of nitrogens with one attached hydrogen (secondary N) is 3. The molecule has 0 spiro atoms. The zero-order chi connectivity index (χ0) is 18.2. The van der Waals surface area contributed by atoms with Gasteiger partial charge in [0.25, 0.3) is 5.91 Å². The van der Waals surface area contributed by atoms with Crippen molar-refractivity contribution in [3.05, 3.63) is 29.8 Å². The number of piperidine rings is 1. The molecule has 1 aliphatic rings. The van der Waals surface area contributed by atoms with Crippen LogP contribution in [0.15, 0.2) is 24.3 Å². The number of hydrogen-bond acceptors (Lipinski definition) is 3. The molecule has 0 radical (unpaired) electrons. The summed E-state index contributed by atoms with van der Waals surface area (Å²) < 4.78 is 0. The van der Waals surface area contributed by atoms with Crippen LogP contribution in [-0.2, 0) is 0 Å². The fraction of sp³-hybridized carbons (Fsp3) is 0.579. The molecule has 26 heavy (non-hydrogen) atoms. The Labute approximate surface area is 162 Å². The van der Waals surface area contributed by atoms with E-state index in [0.717, 1.165) is 38.9 Å². The number of amides is 3. The highest BCUT2D eigenvalue weighted by molar-refractivity contribution is 5.97. The minimum absolute atomic E-state index is 0. The van der Waals surface area contributed by atoms with Crippen molar-refractivity contribution >= 4 is 30.0 Å². The topological polar surface area (TPSA) is 73.5 Å². The number of hydrogen-bond donors (Lipinski definition) is 3. The number of benzene rings is 1. The smallest absolute Gasteiger partial charge is 0.319 e. The summed E-state index contributed by atoms with van der Waals surface area (Å²) in [5.41, 5.74) is 1.25. The average molecular weight is 383 g/mol. The third-order valence-corrected chi connectivity index (χ3v) is 4.26. The molecule has 1 aromatic carbocycles. The van der Waals surface area contributed by atoms with E-state index in [1.54, 1.807) is 12.1 Å². The molecule has 3 amide bonds. The Bertz CT molecular complexity index is 589. The number of rotatable bonds is 6. The van der Waals surface area contributed by atoms with Gasteiger partial charge in [-0.05, 0) is 64.4 Å². The van der Waals surface area contributed by atoms with Gasteiger partial charge in [0.2, 0.25) is 0 Å². The van der Waals surface area contributed by atoms with Crippen molar-refractivity contribution in [3.8, 4) is 0 Å². The quantitative estimate of drug-likeness (QED) is 0.707. The first-order chi connectivity index (χ1) is 12.0. The Morgan fingerprint density at radius 3 is 2.58 bits per heavy atom. The van der Waals surface area contributed by atoms with Crippen molar-refractivity contribution in [2.75, 3.05) is 25.0 Å². The van der Waals surface area contributed by atoms with E-state index >= 15 is 0 Å². The maximum Gasteiger partial charge on any atom is 0.319 e. The second kappa shape index (κ2) is 11.0. The highest BCUT2D eigenvalue weighted by atomic mass is 35.5. The van der Waals surface area contributed by atoms with E-state index in [0.29, 0.717) is 11.3 Å². The lowest BCUT2D eigenvalue weighted by molar-refractivity contribution is 0.0642. The molecule has 0 unspecified atom stereocenters. The van der Waals surface area contributed by atoms with Crippen LogP contribution in [0.3, 0.4) is 0 Å². The third-order valence-electron chi connectivity index (χ3n) is 4.26. The van der Waals surface area contributed by atoms with Crippen LogP contribution >= 0.6 is 12.4 Å². The number of urea groups is 1. The lowest BCUT2D eigenvalue weighted by Crippen LogP contribution is -2.46. The number of halogens is 1. The van der Waals surface area contributed by atoms with Gasteiger partial charge in [-0.3, -0.25) is 4.79 Å². The zero-order valence-electron chi connectivity index (χ0n) is 15.9. The van der Waals surface area contributed by atoms with Crippen molar-refractivity contribution in [2.45, 2.75) is 52.1 Å². The van der Waals surface area contributed by atoms with Crippen molar-refractivity contribution in [1.82, 2.24) is 15.5 Å². The number of carbonyl (C=O) groups excluding carboxylic acids is 2.